The van der Waals surface area contributed by atoms with Gasteiger partial charge in [0, 0.05) is 25.8 Å². The summed E-state index contributed by atoms with van der Waals surface area (Å²) in [6.07, 6.45) is 1.83. The van der Waals surface area contributed by atoms with Crippen LogP contribution in [0.5, 0.6) is 11.5 Å². The molecule has 1 rings (SSSR count). The average Bonchev–Trinajstić information content (AvgIpc) is 2.58. The SMILES string of the molecule is COCCCNC(=O)CC(=O)NN=Cc1cccc(OC)c1OC. The summed E-state index contributed by atoms with van der Waals surface area (Å²) >= 11 is 0. The van der Waals surface area contributed by atoms with E-state index in [1.807, 2.05) is 0 Å². The number of rotatable bonds is 10. The van der Waals surface area contributed by atoms with Crippen molar-refractivity contribution in [2.45, 2.75) is 12.8 Å². The van der Waals surface area contributed by atoms with E-state index >= 15 is 0 Å². The predicted molar refractivity (Wildman–Crippen MR) is 89.4 cm³/mol. The number of nitrogens with one attached hydrogen (secondary N) is 2. The van der Waals surface area contributed by atoms with E-state index in [0.29, 0.717) is 36.6 Å². The van der Waals surface area contributed by atoms with Gasteiger partial charge in [0.1, 0.15) is 6.42 Å². The zero-order valence-electron chi connectivity index (χ0n) is 14.1. The molecule has 0 bridgehead atoms. The van der Waals surface area contributed by atoms with Crippen molar-refractivity contribution in [3.63, 3.8) is 0 Å². The third-order valence-electron chi connectivity index (χ3n) is 2.99. The molecule has 8 heteroatoms. The lowest BCUT2D eigenvalue weighted by Crippen LogP contribution is -2.30. The largest absolute Gasteiger partial charge is 0.493 e. The molecule has 0 aliphatic rings. The summed E-state index contributed by atoms with van der Waals surface area (Å²) in [5.74, 6) is 0.201. The Kier molecular flexibility index (Phi) is 8.91. The van der Waals surface area contributed by atoms with Crippen LogP contribution in [0.2, 0.25) is 0 Å². The van der Waals surface area contributed by atoms with E-state index in [9.17, 15) is 9.59 Å². The molecule has 0 unspecified atom stereocenters. The molecule has 0 saturated carbocycles. The van der Waals surface area contributed by atoms with Gasteiger partial charge in [0.05, 0.1) is 20.4 Å². The summed E-state index contributed by atoms with van der Waals surface area (Å²) in [7, 11) is 4.64. The Morgan fingerprint density at radius 1 is 1.17 bits per heavy atom. The van der Waals surface area contributed by atoms with Gasteiger partial charge in [-0.1, -0.05) is 6.07 Å². The summed E-state index contributed by atoms with van der Waals surface area (Å²) in [6.45, 7) is 1.02. The van der Waals surface area contributed by atoms with Crippen LogP contribution in [0.3, 0.4) is 0 Å². The molecule has 0 spiro atoms. The lowest BCUT2D eigenvalue weighted by atomic mass is 10.2. The van der Waals surface area contributed by atoms with E-state index in [2.05, 4.69) is 15.8 Å². The number of carbonyl (C=O) groups excluding carboxylic acids is 2. The van der Waals surface area contributed by atoms with Crippen molar-refractivity contribution in [3.8, 4) is 11.5 Å². The van der Waals surface area contributed by atoms with E-state index in [-0.39, 0.29) is 12.3 Å². The molecule has 0 saturated heterocycles. The number of hydrazone groups is 1. The first-order chi connectivity index (χ1) is 11.6. The molecule has 0 fully saturated rings. The Bertz CT molecular complexity index is 575. The van der Waals surface area contributed by atoms with Gasteiger partial charge in [-0.2, -0.15) is 5.10 Å². The Morgan fingerprint density at radius 3 is 2.62 bits per heavy atom. The van der Waals surface area contributed by atoms with Crippen LogP contribution >= 0.6 is 0 Å². The molecule has 0 aliphatic carbocycles. The lowest BCUT2D eigenvalue weighted by molar-refractivity contribution is -0.129. The van der Waals surface area contributed by atoms with E-state index in [1.165, 1.54) is 20.4 Å². The van der Waals surface area contributed by atoms with Crippen LogP contribution < -0.4 is 20.2 Å². The van der Waals surface area contributed by atoms with Gasteiger partial charge in [-0.05, 0) is 18.6 Å². The van der Waals surface area contributed by atoms with Gasteiger partial charge in [-0.25, -0.2) is 5.43 Å². The number of benzene rings is 1. The zero-order chi connectivity index (χ0) is 17.8. The fourth-order valence-corrected chi connectivity index (χ4v) is 1.88. The normalized spacial score (nSPS) is 10.5. The maximum absolute atomic E-state index is 11.6. The third-order valence-corrected chi connectivity index (χ3v) is 2.99. The highest BCUT2D eigenvalue weighted by Crippen LogP contribution is 2.29. The van der Waals surface area contributed by atoms with Crippen molar-refractivity contribution in [1.29, 1.82) is 0 Å². The van der Waals surface area contributed by atoms with E-state index in [0.717, 1.165) is 0 Å². The second kappa shape index (κ2) is 11.0. The number of hydrogen-bond acceptors (Lipinski definition) is 6. The highest BCUT2D eigenvalue weighted by atomic mass is 16.5. The standard InChI is InChI=1S/C16H23N3O5/c1-22-9-5-8-17-14(20)10-15(21)19-18-11-12-6-4-7-13(23-2)16(12)24-3/h4,6-7,11H,5,8-10H2,1-3H3,(H,17,20)(H,19,21). The topological polar surface area (TPSA) is 98.2 Å². The Hall–Kier alpha value is -2.61. The molecule has 1 aromatic rings. The van der Waals surface area contributed by atoms with Crippen molar-refractivity contribution in [3.05, 3.63) is 23.8 Å². The fraction of sp³-hybridized carbons (Fsp3) is 0.438. The molecule has 2 amide bonds. The molecule has 0 aliphatic heterocycles. The van der Waals surface area contributed by atoms with Crippen molar-refractivity contribution in [2.24, 2.45) is 5.10 Å². The number of para-hydroxylation sites is 1. The summed E-state index contributed by atoms with van der Waals surface area (Å²) in [6, 6.07) is 5.29. The molecule has 132 valence electrons. The number of carbonyl (C=O) groups is 2. The number of ether oxygens (including phenoxy) is 3. The fourth-order valence-electron chi connectivity index (χ4n) is 1.88. The van der Waals surface area contributed by atoms with Crippen LogP contribution in [-0.4, -0.2) is 52.5 Å². The van der Waals surface area contributed by atoms with Crippen LogP contribution in [0.15, 0.2) is 23.3 Å². The quantitative estimate of drug-likeness (QED) is 0.283. The van der Waals surface area contributed by atoms with Crippen molar-refractivity contribution in [1.82, 2.24) is 10.7 Å². The number of methoxy groups -OCH3 is 3. The highest BCUT2D eigenvalue weighted by molar-refractivity contribution is 5.97. The van der Waals surface area contributed by atoms with Gasteiger partial charge < -0.3 is 19.5 Å². The van der Waals surface area contributed by atoms with Crippen molar-refractivity contribution >= 4 is 18.0 Å². The number of nitrogens with zero attached hydrogens (tertiary/aromatic N) is 1. The van der Waals surface area contributed by atoms with E-state index in [4.69, 9.17) is 14.2 Å². The van der Waals surface area contributed by atoms with Gasteiger partial charge >= 0.3 is 0 Å². The van der Waals surface area contributed by atoms with Crippen LogP contribution in [0.1, 0.15) is 18.4 Å². The third kappa shape index (κ3) is 6.66. The molecular weight excluding hydrogens is 314 g/mol. The highest BCUT2D eigenvalue weighted by Gasteiger charge is 2.09. The van der Waals surface area contributed by atoms with Gasteiger partial charge in [0.25, 0.3) is 0 Å². The van der Waals surface area contributed by atoms with Gasteiger partial charge in [0.15, 0.2) is 11.5 Å². The number of amides is 2. The summed E-state index contributed by atoms with van der Waals surface area (Å²) in [4.78, 5) is 23.2. The van der Waals surface area contributed by atoms with Crippen LogP contribution in [0.4, 0.5) is 0 Å². The van der Waals surface area contributed by atoms with Crippen LogP contribution in [-0.2, 0) is 14.3 Å². The Morgan fingerprint density at radius 2 is 1.96 bits per heavy atom. The smallest absolute Gasteiger partial charge is 0.249 e. The maximum Gasteiger partial charge on any atom is 0.249 e. The van der Waals surface area contributed by atoms with Crippen LogP contribution in [0, 0.1) is 0 Å². The molecule has 0 radical (unpaired) electrons. The van der Waals surface area contributed by atoms with Crippen molar-refractivity contribution < 1.29 is 23.8 Å². The molecule has 0 atom stereocenters. The summed E-state index contributed by atoms with van der Waals surface area (Å²) in [5.41, 5.74) is 2.94. The average molecular weight is 337 g/mol. The Labute approximate surface area is 141 Å². The minimum atomic E-state index is -0.502. The molecule has 24 heavy (non-hydrogen) atoms. The molecule has 2 N–H and O–H groups in total. The minimum Gasteiger partial charge on any atom is -0.493 e. The maximum atomic E-state index is 11.6. The lowest BCUT2D eigenvalue weighted by Gasteiger charge is -2.09. The van der Waals surface area contributed by atoms with Gasteiger partial charge in [-0.15, -0.1) is 0 Å². The van der Waals surface area contributed by atoms with Gasteiger partial charge in [0.2, 0.25) is 11.8 Å². The zero-order valence-corrected chi connectivity index (χ0v) is 14.1. The molecular formula is C16H23N3O5. The molecule has 0 aromatic heterocycles. The van der Waals surface area contributed by atoms with E-state index in [1.54, 1.807) is 25.3 Å². The van der Waals surface area contributed by atoms with E-state index < -0.39 is 5.91 Å². The summed E-state index contributed by atoms with van der Waals surface area (Å²) in [5, 5.41) is 6.45. The first-order valence-electron chi connectivity index (χ1n) is 7.41. The molecule has 0 heterocycles. The Balaban J connectivity index is 2.47. The monoisotopic (exact) mass is 337 g/mol. The first kappa shape index (κ1) is 19.4. The molecule has 8 nitrogen and oxygen atoms in total. The second-order valence-corrected chi connectivity index (χ2v) is 4.75. The predicted octanol–water partition coefficient (Wildman–Crippen LogP) is 0.697. The van der Waals surface area contributed by atoms with Gasteiger partial charge in [-0.3, -0.25) is 9.59 Å². The van der Waals surface area contributed by atoms with Crippen LogP contribution in [0.25, 0.3) is 0 Å². The molecule has 1 aromatic carbocycles. The summed E-state index contributed by atoms with van der Waals surface area (Å²) < 4.78 is 15.3. The number of hydrogen-bond donors (Lipinski definition) is 2. The minimum absolute atomic E-state index is 0.292. The first-order valence-corrected chi connectivity index (χ1v) is 7.41. The second-order valence-electron chi connectivity index (χ2n) is 4.75. The van der Waals surface area contributed by atoms with Crippen molar-refractivity contribution in [2.75, 3.05) is 34.5 Å².